The summed E-state index contributed by atoms with van der Waals surface area (Å²) in [7, 11) is 0. The van der Waals surface area contributed by atoms with Crippen LogP contribution in [0.15, 0.2) is 24.4 Å². The average molecular weight is 317 g/mol. The van der Waals surface area contributed by atoms with Crippen LogP contribution in [0, 0.1) is 5.92 Å². The number of nitrogens with one attached hydrogen (secondary N) is 1. The maximum atomic E-state index is 12.9. The minimum absolute atomic E-state index is 0.100. The molecule has 3 rings (SSSR count). The van der Waals surface area contributed by atoms with Crippen LogP contribution >= 0.6 is 0 Å². The third-order valence-corrected chi connectivity index (χ3v) is 4.72. The van der Waals surface area contributed by atoms with Gasteiger partial charge in [-0.3, -0.25) is 9.78 Å². The molecular weight excluding hydrogens is 290 g/mol. The summed E-state index contributed by atoms with van der Waals surface area (Å²) >= 11 is 0. The zero-order valence-corrected chi connectivity index (χ0v) is 13.9. The first-order valence-corrected chi connectivity index (χ1v) is 8.76. The SMILES string of the molecule is CC(OCC1CC1)C(=O)N(Cc1ccccn1)C1CCNCC1. The predicted molar refractivity (Wildman–Crippen MR) is 88.8 cm³/mol. The summed E-state index contributed by atoms with van der Waals surface area (Å²) in [5.74, 6) is 0.775. The second-order valence-corrected chi connectivity index (χ2v) is 6.69. The lowest BCUT2D eigenvalue weighted by Gasteiger charge is -2.36. The van der Waals surface area contributed by atoms with Crippen molar-refractivity contribution in [2.75, 3.05) is 19.7 Å². The van der Waals surface area contributed by atoms with Crippen LogP contribution in [0.3, 0.4) is 0 Å². The van der Waals surface area contributed by atoms with E-state index in [1.165, 1.54) is 12.8 Å². The van der Waals surface area contributed by atoms with E-state index in [9.17, 15) is 4.79 Å². The van der Waals surface area contributed by atoms with Gasteiger partial charge in [0.15, 0.2) is 0 Å². The Labute approximate surface area is 138 Å². The molecule has 0 aromatic carbocycles. The Bertz CT molecular complexity index is 498. The van der Waals surface area contributed by atoms with Crippen LogP contribution in [0.2, 0.25) is 0 Å². The van der Waals surface area contributed by atoms with E-state index in [0.29, 0.717) is 12.5 Å². The van der Waals surface area contributed by atoms with E-state index >= 15 is 0 Å². The fraction of sp³-hybridized carbons (Fsp3) is 0.667. The van der Waals surface area contributed by atoms with Gasteiger partial charge in [-0.15, -0.1) is 0 Å². The van der Waals surface area contributed by atoms with Crippen molar-refractivity contribution < 1.29 is 9.53 Å². The molecule has 1 aromatic heterocycles. The van der Waals surface area contributed by atoms with E-state index in [4.69, 9.17) is 4.74 Å². The average Bonchev–Trinajstić information content (AvgIpc) is 3.43. The van der Waals surface area contributed by atoms with Gasteiger partial charge in [-0.25, -0.2) is 0 Å². The summed E-state index contributed by atoms with van der Waals surface area (Å²) in [6.07, 6.45) is 5.89. The van der Waals surface area contributed by atoms with Gasteiger partial charge in [0.1, 0.15) is 6.10 Å². The molecule has 1 aliphatic heterocycles. The Morgan fingerprint density at radius 2 is 2.13 bits per heavy atom. The molecule has 1 N–H and O–H groups in total. The zero-order valence-electron chi connectivity index (χ0n) is 13.9. The van der Waals surface area contributed by atoms with Gasteiger partial charge in [-0.2, -0.15) is 0 Å². The molecule has 1 aromatic rings. The Morgan fingerprint density at radius 1 is 1.35 bits per heavy atom. The molecule has 1 aliphatic carbocycles. The van der Waals surface area contributed by atoms with Crippen molar-refractivity contribution in [3.05, 3.63) is 30.1 Å². The molecule has 126 valence electrons. The summed E-state index contributed by atoms with van der Waals surface area (Å²) in [4.78, 5) is 19.3. The largest absolute Gasteiger partial charge is 0.368 e. The normalized spacial score (nSPS) is 20.2. The first kappa shape index (κ1) is 16.4. The summed E-state index contributed by atoms with van der Waals surface area (Å²) < 4.78 is 5.81. The van der Waals surface area contributed by atoms with Crippen molar-refractivity contribution in [2.24, 2.45) is 5.92 Å². The molecule has 1 saturated carbocycles. The molecule has 1 unspecified atom stereocenters. The highest BCUT2D eigenvalue weighted by atomic mass is 16.5. The van der Waals surface area contributed by atoms with Crippen molar-refractivity contribution >= 4 is 5.91 Å². The standard InChI is InChI=1S/C18H27N3O2/c1-14(23-13-15-5-6-15)18(22)21(17-7-10-19-11-8-17)12-16-4-2-3-9-20-16/h2-4,9,14-15,17,19H,5-8,10-13H2,1H3. The monoisotopic (exact) mass is 317 g/mol. The highest BCUT2D eigenvalue weighted by Gasteiger charge is 2.30. The number of pyridine rings is 1. The smallest absolute Gasteiger partial charge is 0.252 e. The summed E-state index contributed by atoms with van der Waals surface area (Å²) in [5.41, 5.74) is 0.939. The molecule has 5 nitrogen and oxygen atoms in total. The summed E-state index contributed by atoms with van der Waals surface area (Å²) in [6, 6.07) is 6.14. The predicted octanol–water partition coefficient (Wildman–Crippen LogP) is 1.98. The van der Waals surface area contributed by atoms with E-state index in [0.717, 1.165) is 38.2 Å². The Morgan fingerprint density at radius 3 is 2.78 bits per heavy atom. The van der Waals surface area contributed by atoms with Crippen LogP contribution in [0.25, 0.3) is 0 Å². The van der Waals surface area contributed by atoms with Gasteiger partial charge in [-0.05, 0) is 63.7 Å². The molecule has 1 saturated heterocycles. The topological polar surface area (TPSA) is 54.5 Å². The first-order chi connectivity index (χ1) is 11.2. The second-order valence-electron chi connectivity index (χ2n) is 6.69. The lowest BCUT2D eigenvalue weighted by molar-refractivity contribution is -0.146. The van der Waals surface area contributed by atoms with Gasteiger partial charge in [0.2, 0.25) is 0 Å². The molecule has 1 atom stereocenters. The van der Waals surface area contributed by atoms with Crippen LogP contribution in [0.1, 0.15) is 38.3 Å². The van der Waals surface area contributed by atoms with Gasteiger partial charge < -0.3 is 15.0 Å². The minimum Gasteiger partial charge on any atom is -0.368 e. The zero-order chi connectivity index (χ0) is 16.1. The van der Waals surface area contributed by atoms with E-state index in [-0.39, 0.29) is 18.1 Å². The fourth-order valence-corrected chi connectivity index (χ4v) is 3.04. The lowest BCUT2D eigenvalue weighted by atomic mass is 10.0. The molecule has 23 heavy (non-hydrogen) atoms. The van der Waals surface area contributed by atoms with E-state index in [1.807, 2.05) is 30.0 Å². The Hall–Kier alpha value is -1.46. The van der Waals surface area contributed by atoms with Crippen molar-refractivity contribution in [3.63, 3.8) is 0 Å². The highest BCUT2D eigenvalue weighted by Crippen LogP contribution is 2.29. The number of hydrogen-bond acceptors (Lipinski definition) is 4. The van der Waals surface area contributed by atoms with Crippen LogP contribution in [-0.2, 0) is 16.1 Å². The number of nitrogens with zero attached hydrogens (tertiary/aromatic N) is 2. The maximum absolute atomic E-state index is 12.9. The van der Waals surface area contributed by atoms with Crippen LogP contribution in [0.5, 0.6) is 0 Å². The van der Waals surface area contributed by atoms with Gasteiger partial charge in [0.25, 0.3) is 5.91 Å². The third kappa shape index (κ3) is 4.75. The van der Waals surface area contributed by atoms with Crippen LogP contribution < -0.4 is 5.32 Å². The number of carbonyl (C=O) groups excluding carboxylic acids is 1. The van der Waals surface area contributed by atoms with E-state index < -0.39 is 0 Å². The van der Waals surface area contributed by atoms with Crippen LogP contribution in [0.4, 0.5) is 0 Å². The molecule has 0 radical (unpaired) electrons. The molecule has 1 amide bonds. The van der Waals surface area contributed by atoms with Gasteiger partial charge >= 0.3 is 0 Å². The summed E-state index contributed by atoms with van der Waals surface area (Å²) in [6.45, 7) is 5.11. The van der Waals surface area contributed by atoms with E-state index in [2.05, 4.69) is 10.3 Å². The number of carbonyl (C=O) groups is 1. The van der Waals surface area contributed by atoms with Crippen molar-refractivity contribution in [1.82, 2.24) is 15.2 Å². The molecule has 2 aliphatic rings. The van der Waals surface area contributed by atoms with Crippen molar-refractivity contribution in [3.8, 4) is 0 Å². The summed E-state index contributed by atoms with van der Waals surface area (Å²) in [5, 5.41) is 3.37. The number of ether oxygens (including phenoxy) is 1. The quantitative estimate of drug-likeness (QED) is 0.835. The molecule has 0 spiro atoms. The van der Waals surface area contributed by atoms with Gasteiger partial charge in [0, 0.05) is 12.2 Å². The molecular formula is C18H27N3O2. The minimum atomic E-state index is -0.366. The molecule has 2 fully saturated rings. The van der Waals surface area contributed by atoms with Crippen molar-refractivity contribution in [2.45, 2.75) is 51.3 Å². The molecule has 2 heterocycles. The number of aromatic nitrogens is 1. The van der Waals surface area contributed by atoms with Crippen LogP contribution in [-0.4, -0.2) is 47.6 Å². The number of amides is 1. The fourth-order valence-electron chi connectivity index (χ4n) is 3.04. The number of piperidine rings is 1. The van der Waals surface area contributed by atoms with Gasteiger partial charge in [-0.1, -0.05) is 6.07 Å². The Kier molecular flexibility index (Phi) is 5.62. The third-order valence-electron chi connectivity index (χ3n) is 4.72. The Balaban J connectivity index is 1.66. The van der Waals surface area contributed by atoms with Crippen molar-refractivity contribution in [1.29, 1.82) is 0 Å². The molecule has 5 heteroatoms. The number of rotatable bonds is 7. The number of hydrogen-bond donors (Lipinski definition) is 1. The van der Waals surface area contributed by atoms with E-state index in [1.54, 1.807) is 6.20 Å². The molecule has 0 bridgehead atoms. The van der Waals surface area contributed by atoms with Gasteiger partial charge in [0.05, 0.1) is 18.8 Å². The lowest BCUT2D eigenvalue weighted by Crippen LogP contribution is -2.49. The maximum Gasteiger partial charge on any atom is 0.252 e. The highest BCUT2D eigenvalue weighted by molar-refractivity contribution is 5.80. The first-order valence-electron chi connectivity index (χ1n) is 8.76. The second kappa shape index (κ2) is 7.88.